The van der Waals surface area contributed by atoms with Crippen molar-refractivity contribution in [1.82, 2.24) is 16.0 Å². The van der Waals surface area contributed by atoms with Crippen LogP contribution < -0.4 is 21.7 Å². The lowest BCUT2D eigenvalue weighted by Crippen LogP contribution is -2.55. The molecule has 0 spiro atoms. The molecular formula is C35H42N4O6. The Bertz CT molecular complexity index is 1500. The minimum absolute atomic E-state index is 0.0366. The quantitative estimate of drug-likeness (QED) is 0.143. The monoisotopic (exact) mass is 614 g/mol. The predicted molar refractivity (Wildman–Crippen MR) is 173 cm³/mol. The minimum Gasteiger partial charge on any atom is -0.463 e. The second-order valence-corrected chi connectivity index (χ2v) is 11.2. The summed E-state index contributed by atoms with van der Waals surface area (Å²) in [4.78, 5) is 64.0. The first-order valence-electron chi connectivity index (χ1n) is 15.1. The molecule has 0 radical (unpaired) electrons. The van der Waals surface area contributed by atoms with Gasteiger partial charge in [0.15, 0.2) is 0 Å². The maximum absolute atomic E-state index is 13.7. The molecule has 45 heavy (non-hydrogen) atoms. The lowest BCUT2D eigenvalue weighted by atomic mass is 10.00. The van der Waals surface area contributed by atoms with Gasteiger partial charge in [-0.05, 0) is 54.2 Å². The average molecular weight is 615 g/mol. The fourth-order valence-corrected chi connectivity index (χ4v) is 4.79. The van der Waals surface area contributed by atoms with Crippen LogP contribution in [0.2, 0.25) is 0 Å². The van der Waals surface area contributed by atoms with Crippen LogP contribution in [0.5, 0.6) is 0 Å². The summed E-state index contributed by atoms with van der Waals surface area (Å²) in [5.41, 5.74) is 6.54. The number of amides is 4. The third kappa shape index (κ3) is 11.6. The molecule has 238 valence electrons. The number of benzene rings is 3. The molecule has 0 aliphatic rings. The van der Waals surface area contributed by atoms with E-state index in [0.29, 0.717) is 12.0 Å². The lowest BCUT2D eigenvalue weighted by molar-refractivity contribution is -0.137. The van der Waals surface area contributed by atoms with E-state index in [1.54, 1.807) is 19.1 Å². The molecule has 3 rings (SSSR count). The van der Waals surface area contributed by atoms with Gasteiger partial charge in [-0.3, -0.25) is 19.2 Å². The second-order valence-electron chi connectivity index (χ2n) is 11.2. The lowest BCUT2D eigenvalue weighted by Gasteiger charge is -2.26. The van der Waals surface area contributed by atoms with Gasteiger partial charge < -0.3 is 26.4 Å². The van der Waals surface area contributed by atoms with Crippen molar-refractivity contribution in [3.63, 3.8) is 0 Å². The number of esters is 1. The van der Waals surface area contributed by atoms with Gasteiger partial charge in [0, 0.05) is 30.5 Å². The summed E-state index contributed by atoms with van der Waals surface area (Å²) in [5.74, 6) is -2.54. The van der Waals surface area contributed by atoms with Crippen LogP contribution in [0.25, 0.3) is 10.8 Å². The van der Waals surface area contributed by atoms with Crippen molar-refractivity contribution < 1.29 is 28.7 Å². The Morgan fingerprint density at radius 3 is 2.16 bits per heavy atom. The number of primary amides is 1. The zero-order valence-corrected chi connectivity index (χ0v) is 26.0. The van der Waals surface area contributed by atoms with Crippen LogP contribution in [0.4, 0.5) is 0 Å². The molecule has 3 atom stereocenters. The highest BCUT2D eigenvalue weighted by Gasteiger charge is 2.29. The Kier molecular flexibility index (Phi) is 13.3. The summed E-state index contributed by atoms with van der Waals surface area (Å²) in [7, 11) is 0. The van der Waals surface area contributed by atoms with Crippen molar-refractivity contribution in [2.45, 2.75) is 64.6 Å². The molecule has 4 amide bonds. The Hall–Kier alpha value is -4.99. The van der Waals surface area contributed by atoms with Crippen molar-refractivity contribution in [2.24, 2.45) is 11.7 Å². The Labute approximate surface area is 263 Å². The van der Waals surface area contributed by atoms with Crippen LogP contribution in [0.3, 0.4) is 0 Å². The molecule has 10 nitrogen and oxygen atoms in total. The largest absolute Gasteiger partial charge is 0.463 e. The van der Waals surface area contributed by atoms with Gasteiger partial charge in [0.1, 0.15) is 12.1 Å². The molecular weight excluding hydrogens is 572 g/mol. The number of nitrogens with two attached hydrogens (primary N) is 1. The first-order chi connectivity index (χ1) is 21.5. The van der Waals surface area contributed by atoms with Gasteiger partial charge in [-0.25, -0.2) is 4.79 Å². The van der Waals surface area contributed by atoms with Gasteiger partial charge in [0.2, 0.25) is 17.7 Å². The maximum atomic E-state index is 13.7. The van der Waals surface area contributed by atoms with Crippen molar-refractivity contribution in [3.05, 3.63) is 96.1 Å². The van der Waals surface area contributed by atoms with E-state index in [0.717, 1.165) is 16.3 Å². The number of carbonyl (C=O) groups is 5. The summed E-state index contributed by atoms with van der Waals surface area (Å²) in [6, 6.07) is 19.5. The van der Waals surface area contributed by atoms with Crippen LogP contribution in [-0.2, 0) is 30.3 Å². The topological polar surface area (TPSA) is 157 Å². The van der Waals surface area contributed by atoms with Gasteiger partial charge >= 0.3 is 5.97 Å². The number of hydrogen-bond donors (Lipinski definition) is 4. The molecule has 0 saturated heterocycles. The molecule has 0 bridgehead atoms. The van der Waals surface area contributed by atoms with Gasteiger partial charge in [-0.2, -0.15) is 0 Å². The fraction of sp³-hybridized carbons (Fsp3) is 0.343. The van der Waals surface area contributed by atoms with E-state index in [4.69, 9.17) is 10.5 Å². The van der Waals surface area contributed by atoms with Crippen molar-refractivity contribution in [1.29, 1.82) is 0 Å². The normalized spacial score (nSPS) is 13.2. The minimum atomic E-state index is -1.03. The zero-order chi connectivity index (χ0) is 32.8. The van der Waals surface area contributed by atoms with Gasteiger partial charge in [-0.1, -0.05) is 80.6 Å². The highest BCUT2D eigenvalue weighted by Crippen LogP contribution is 2.16. The van der Waals surface area contributed by atoms with E-state index in [1.807, 2.05) is 74.5 Å². The van der Waals surface area contributed by atoms with Crippen LogP contribution in [-0.4, -0.2) is 54.3 Å². The maximum Gasteiger partial charge on any atom is 0.330 e. The molecule has 3 aromatic rings. The molecule has 0 saturated carbocycles. The average Bonchev–Trinajstić information content (AvgIpc) is 3.01. The Balaban J connectivity index is 1.82. The van der Waals surface area contributed by atoms with Crippen molar-refractivity contribution >= 4 is 40.4 Å². The SMILES string of the molecule is CCOC(=O)/C=C/[C@H](CCC(N)=O)NC(=O)[C@H](Cc1ccccc1)NC(=O)[C@H](CC(C)C)NC(=O)c1ccc2ccccc2c1. The van der Waals surface area contributed by atoms with Crippen LogP contribution in [0.1, 0.15) is 56.0 Å². The van der Waals surface area contributed by atoms with E-state index in [-0.39, 0.29) is 31.8 Å². The van der Waals surface area contributed by atoms with E-state index >= 15 is 0 Å². The second kappa shape index (κ2) is 17.3. The molecule has 0 aliphatic heterocycles. The first-order valence-corrected chi connectivity index (χ1v) is 15.1. The molecule has 0 heterocycles. The smallest absolute Gasteiger partial charge is 0.330 e. The Morgan fingerprint density at radius 1 is 0.822 bits per heavy atom. The highest BCUT2D eigenvalue weighted by atomic mass is 16.5. The van der Waals surface area contributed by atoms with Gasteiger partial charge in [0.05, 0.1) is 6.61 Å². The summed E-state index contributed by atoms with van der Waals surface area (Å²) in [6.07, 6.45) is 3.22. The first kappa shape index (κ1) is 34.5. The predicted octanol–water partition coefficient (Wildman–Crippen LogP) is 3.58. The molecule has 0 unspecified atom stereocenters. The van der Waals surface area contributed by atoms with Crippen molar-refractivity contribution in [3.8, 4) is 0 Å². The van der Waals surface area contributed by atoms with Crippen LogP contribution in [0.15, 0.2) is 84.9 Å². The summed E-state index contributed by atoms with van der Waals surface area (Å²) >= 11 is 0. The molecule has 3 aromatic carbocycles. The standard InChI is InChI=1S/C35H42N4O6/c1-4-45-32(41)19-17-28(16-18-31(36)40)37-34(43)30(21-24-10-6-5-7-11-24)39-35(44)29(20-23(2)3)38-33(42)27-15-14-25-12-8-9-13-26(25)22-27/h5-15,17,19,22-23,28-30H,4,16,18,20-21H2,1-3H3,(H2,36,40)(H,37,43)(H,38,42)(H,39,44)/b19-17+/t28-,29-,30-/m0/s1. The number of ether oxygens (including phenoxy) is 1. The number of carbonyl (C=O) groups excluding carboxylic acids is 5. The zero-order valence-electron chi connectivity index (χ0n) is 26.0. The third-order valence-electron chi connectivity index (χ3n) is 7.04. The van der Waals surface area contributed by atoms with E-state index in [9.17, 15) is 24.0 Å². The fourth-order valence-electron chi connectivity index (χ4n) is 4.79. The molecule has 10 heteroatoms. The molecule has 0 fully saturated rings. The van der Waals surface area contributed by atoms with Crippen molar-refractivity contribution in [2.75, 3.05) is 6.61 Å². The van der Waals surface area contributed by atoms with Crippen LogP contribution >= 0.6 is 0 Å². The molecule has 0 aromatic heterocycles. The summed E-state index contributed by atoms with van der Waals surface area (Å²) in [5, 5.41) is 10.4. The van der Waals surface area contributed by atoms with Crippen LogP contribution in [0, 0.1) is 5.92 Å². The number of rotatable bonds is 16. The highest BCUT2D eigenvalue weighted by molar-refractivity contribution is 6.01. The van der Waals surface area contributed by atoms with E-state index < -0.39 is 47.7 Å². The Morgan fingerprint density at radius 2 is 1.49 bits per heavy atom. The third-order valence-corrected chi connectivity index (χ3v) is 7.04. The van der Waals surface area contributed by atoms with Gasteiger partial charge in [0.25, 0.3) is 5.91 Å². The number of hydrogen-bond acceptors (Lipinski definition) is 6. The summed E-state index contributed by atoms with van der Waals surface area (Å²) in [6.45, 7) is 5.74. The molecule has 0 aliphatic carbocycles. The van der Waals surface area contributed by atoms with Gasteiger partial charge in [-0.15, -0.1) is 0 Å². The van der Waals surface area contributed by atoms with E-state index in [2.05, 4.69) is 16.0 Å². The summed E-state index contributed by atoms with van der Waals surface area (Å²) < 4.78 is 4.92. The number of fused-ring (bicyclic) bond motifs is 1. The van der Waals surface area contributed by atoms with E-state index in [1.165, 1.54) is 12.2 Å². The molecule has 5 N–H and O–H groups in total. The number of nitrogens with one attached hydrogen (secondary N) is 3.